The van der Waals surface area contributed by atoms with Crippen LogP contribution in [0.15, 0.2) is 6.20 Å². The van der Waals surface area contributed by atoms with Gasteiger partial charge in [0.1, 0.15) is 5.02 Å². The van der Waals surface area contributed by atoms with E-state index in [0.717, 1.165) is 39.4 Å². The Kier molecular flexibility index (Phi) is 5.82. The maximum Gasteiger partial charge on any atom is 0.224 e. The van der Waals surface area contributed by atoms with Gasteiger partial charge in [0, 0.05) is 32.2 Å². The Morgan fingerprint density at radius 3 is 2.90 bits per heavy atom. The zero-order valence-electron chi connectivity index (χ0n) is 12.0. The van der Waals surface area contributed by atoms with E-state index in [9.17, 15) is 0 Å². The number of halogens is 1. The average Bonchev–Trinajstić information content (AvgIpc) is 2.44. The molecule has 6 nitrogen and oxygen atoms in total. The second-order valence-electron chi connectivity index (χ2n) is 4.88. The van der Waals surface area contributed by atoms with E-state index in [2.05, 4.69) is 32.4 Å². The molecule has 2 N–H and O–H groups in total. The second-order valence-corrected chi connectivity index (χ2v) is 5.29. The van der Waals surface area contributed by atoms with E-state index in [1.165, 1.54) is 0 Å². The van der Waals surface area contributed by atoms with Gasteiger partial charge in [-0.25, -0.2) is 4.98 Å². The predicted octanol–water partition coefficient (Wildman–Crippen LogP) is 1.69. The van der Waals surface area contributed by atoms with Gasteiger partial charge >= 0.3 is 0 Å². The molecule has 1 aromatic heterocycles. The standard InChI is InChI=1S/C13H22ClN5O/c1-3-15-13-16-8-11(14)12(18-13)17-10(2)9-19-4-6-20-7-5-19/h8,10H,3-7,9H2,1-2H3,(H2,15,16,17,18). The van der Waals surface area contributed by atoms with Crippen LogP contribution in [0.25, 0.3) is 0 Å². The number of aromatic nitrogens is 2. The molecule has 2 heterocycles. The molecule has 0 bridgehead atoms. The quantitative estimate of drug-likeness (QED) is 0.833. The molecule has 1 unspecified atom stereocenters. The summed E-state index contributed by atoms with van der Waals surface area (Å²) in [4.78, 5) is 10.9. The number of nitrogens with one attached hydrogen (secondary N) is 2. The molecule has 0 aliphatic carbocycles. The topological polar surface area (TPSA) is 62.3 Å². The van der Waals surface area contributed by atoms with Crippen LogP contribution in [0.1, 0.15) is 13.8 Å². The van der Waals surface area contributed by atoms with E-state index >= 15 is 0 Å². The smallest absolute Gasteiger partial charge is 0.224 e. The van der Waals surface area contributed by atoms with Crippen molar-refractivity contribution in [3.63, 3.8) is 0 Å². The van der Waals surface area contributed by atoms with Crippen molar-refractivity contribution in [2.24, 2.45) is 0 Å². The fraction of sp³-hybridized carbons (Fsp3) is 0.692. The Bertz CT molecular complexity index is 425. The van der Waals surface area contributed by atoms with Crippen LogP contribution in [-0.4, -0.2) is 60.3 Å². The minimum atomic E-state index is 0.259. The number of ether oxygens (including phenoxy) is 1. The number of anilines is 2. The molecular weight excluding hydrogens is 278 g/mol. The Labute approximate surface area is 124 Å². The van der Waals surface area contributed by atoms with Gasteiger partial charge in [0.15, 0.2) is 5.82 Å². The van der Waals surface area contributed by atoms with Gasteiger partial charge in [-0.15, -0.1) is 0 Å². The average molecular weight is 300 g/mol. The molecule has 1 fully saturated rings. The molecule has 0 radical (unpaired) electrons. The van der Waals surface area contributed by atoms with Crippen molar-refractivity contribution in [1.29, 1.82) is 0 Å². The van der Waals surface area contributed by atoms with Crippen LogP contribution in [0.5, 0.6) is 0 Å². The van der Waals surface area contributed by atoms with Crippen LogP contribution in [-0.2, 0) is 4.74 Å². The van der Waals surface area contributed by atoms with Crippen molar-refractivity contribution in [2.45, 2.75) is 19.9 Å². The highest BCUT2D eigenvalue weighted by atomic mass is 35.5. The number of hydrogen-bond acceptors (Lipinski definition) is 6. The molecule has 0 aromatic carbocycles. The Balaban J connectivity index is 1.92. The third kappa shape index (κ3) is 4.47. The first-order valence-electron chi connectivity index (χ1n) is 7.02. The third-order valence-electron chi connectivity index (χ3n) is 3.10. The van der Waals surface area contributed by atoms with Gasteiger partial charge in [0.05, 0.1) is 19.4 Å². The van der Waals surface area contributed by atoms with Crippen molar-refractivity contribution in [2.75, 3.05) is 50.0 Å². The molecule has 20 heavy (non-hydrogen) atoms. The van der Waals surface area contributed by atoms with Crippen molar-refractivity contribution < 1.29 is 4.74 Å². The van der Waals surface area contributed by atoms with Crippen LogP contribution in [0.2, 0.25) is 5.02 Å². The lowest BCUT2D eigenvalue weighted by Gasteiger charge is -2.29. The summed E-state index contributed by atoms with van der Waals surface area (Å²) in [5.74, 6) is 1.27. The van der Waals surface area contributed by atoms with Gasteiger partial charge in [-0.1, -0.05) is 11.6 Å². The van der Waals surface area contributed by atoms with Crippen molar-refractivity contribution in [3.05, 3.63) is 11.2 Å². The first-order chi connectivity index (χ1) is 9.69. The largest absolute Gasteiger partial charge is 0.379 e. The lowest BCUT2D eigenvalue weighted by atomic mass is 10.3. The van der Waals surface area contributed by atoms with Gasteiger partial charge in [-0.05, 0) is 13.8 Å². The predicted molar refractivity (Wildman–Crippen MR) is 81.5 cm³/mol. The summed E-state index contributed by atoms with van der Waals surface area (Å²) in [6.45, 7) is 9.44. The summed E-state index contributed by atoms with van der Waals surface area (Å²) < 4.78 is 5.35. The van der Waals surface area contributed by atoms with E-state index in [4.69, 9.17) is 16.3 Å². The summed E-state index contributed by atoms with van der Waals surface area (Å²) in [6.07, 6.45) is 1.62. The van der Waals surface area contributed by atoms with Gasteiger partial charge in [-0.3, -0.25) is 4.90 Å². The molecule has 1 aromatic rings. The number of rotatable bonds is 6. The molecule has 1 saturated heterocycles. The zero-order valence-corrected chi connectivity index (χ0v) is 12.8. The summed E-state index contributed by atoms with van der Waals surface area (Å²) in [5.41, 5.74) is 0. The Morgan fingerprint density at radius 2 is 2.20 bits per heavy atom. The molecule has 1 atom stereocenters. The van der Waals surface area contributed by atoms with Crippen molar-refractivity contribution >= 4 is 23.4 Å². The number of hydrogen-bond donors (Lipinski definition) is 2. The highest BCUT2D eigenvalue weighted by Gasteiger charge is 2.15. The molecule has 112 valence electrons. The maximum absolute atomic E-state index is 6.13. The highest BCUT2D eigenvalue weighted by molar-refractivity contribution is 6.32. The monoisotopic (exact) mass is 299 g/mol. The van der Waals surface area contributed by atoms with Gasteiger partial charge in [0.2, 0.25) is 5.95 Å². The molecule has 0 saturated carbocycles. The molecule has 1 aliphatic rings. The van der Waals surface area contributed by atoms with Crippen LogP contribution in [0, 0.1) is 0 Å². The molecule has 1 aliphatic heterocycles. The lowest BCUT2D eigenvalue weighted by molar-refractivity contribution is 0.0368. The van der Waals surface area contributed by atoms with Gasteiger partial charge < -0.3 is 15.4 Å². The number of morpholine rings is 1. The van der Waals surface area contributed by atoms with E-state index in [1.807, 2.05) is 6.92 Å². The minimum Gasteiger partial charge on any atom is -0.379 e. The second kappa shape index (κ2) is 7.61. The van der Waals surface area contributed by atoms with E-state index in [1.54, 1.807) is 6.20 Å². The fourth-order valence-electron chi connectivity index (χ4n) is 2.16. The summed E-state index contributed by atoms with van der Waals surface area (Å²) >= 11 is 6.13. The Morgan fingerprint density at radius 1 is 1.45 bits per heavy atom. The van der Waals surface area contributed by atoms with E-state index in [0.29, 0.717) is 16.8 Å². The van der Waals surface area contributed by atoms with Crippen LogP contribution in [0.3, 0.4) is 0 Å². The molecule has 2 rings (SSSR count). The van der Waals surface area contributed by atoms with E-state index in [-0.39, 0.29) is 6.04 Å². The van der Waals surface area contributed by atoms with Gasteiger partial charge in [-0.2, -0.15) is 4.98 Å². The summed E-state index contributed by atoms with van der Waals surface area (Å²) in [6, 6.07) is 0.259. The fourth-order valence-corrected chi connectivity index (χ4v) is 2.31. The van der Waals surface area contributed by atoms with Crippen LogP contribution < -0.4 is 10.6 Å². The maximum atomic E-state index is 6.13. The van der Waals surface area contributed by atoms with Crippen molar-refractivity contribution in [3.8, 4) is 0 Å². The normalized spacial score (nSPS) is 17.8. The van der Waals surface area contributed by atoms with Gasteiger partial charge in [0.25, 0.3) is 0 Å². The summed E-state index contributed by atoms with van der Waals surface area (Å²) in [7, 11) is 0. The zero-order chi connectivity index (χ0) is 14.4. The Hall–Kier alpha value is -1.11. The third-order valence-corrected chi connectivity index (χ3v) is 3.37. The van der Waals surface area contributed by atoms with Crippen LogP contribution >= 0.6 is 11.6 Å². The first-order valence-corrected chi connectivity index (χ1v) is 7.40. The first kappa shape index (κ1) is 15.3. The SMILES string of the molecule is CCNc1ncc(Cl)c(NC(C)CN2CCOCC2)n1. The minimum absolute atomic E-state index is 0.259. The number of nitrogens with zero attached hydrogens (tertiary/aromatic N) is 3. The van der Waals surface area contributed by atoms with Crippen molar-refractivity contribution in [1.82, 2.24) is 14.9 Å². The lowest BCUT2D eigenvalue weighted by Crippen LogP contribution is -2.42. The molecule has 7 heteroatoms. The highest BCUT2D eigenvalue weighted by Crippen LogP contribution is 2.20. The molecule has 0 amide bonds. The molecule has 0 spiro atoms. The van der Waals surface area contributed by atoms with E-state index < -0.39 is 0 Å². The summed E-state index contributed by atoms with van der Waals surface area (Å²) in [5, 5.41) is 6.97. The molecular formula is C13H22ClN5O. The van der Waals surface area contributed by atoms with Crippen LogP contribution in [0.4, 0.5) is 11.8 Å².